The number of nitrogens with zero attached hydrogens (tertiary/aromatic N) is 1. The van der Waals surface area contributed by atoms with E-state index < -0.39 is 5.91 Å². The van der Waals surface area contributed by atoms with Crippen LogP contribution in [0.3, 0.4) is 0 Å². The molecule has 0 saturated heterocycles. The van der Waals surface area contributed by atoms with E-state index in [1.54, 1.807) is 19.2 Å². The quantitative estimate of drug-likeness (QED) is 0.283. The maximum atomic E-state index is 11.3. The molecule has 1 fully saturated rings. The highest BCUT2D eigenvalue weighted by Gasteiger charge is 2.33. The van der Waals surface area contributed by atoms with Crippen molar-refractivity contribution in [2.24, 2.45) is 16.1 Å². The van der Waals surface area contributed by atoms with Gasteiger partial charge in [-0.25, -0.2) is 4.99 Å². The number of nitrogens with two attached hydrogens (primary N) is 1. The van der Waals surface area contributed by atoms with Gasteiger partial charge in [-0.2, -0.15) is 0 Å². The molecule has 0 aromatic heterocycles. The maximum Gasteiger partial charge on any atom is 0.248 e. The van der Waals surface area contributed by atoms with Crippen molar-refractivity contribution < 1.29 is 9.53 Å². The van der Waals surface area contributed by atoms with Crippen LogP contribution in [-0.4, -0.2) is 38.7 Å². The molecule has 0 heterocycles. The standard InChI is InChI=1S/C20H32N4O2.HI/c1-3-22-19(23-14-16-7-6-8-17(13-16)18(21)25)24-15-20(11-12-26-2)9-4-5-10-20;/h6-8,13H,3-5,9-12,14-15H2,1-2H3,(H2,21,25)(H2,22,23,24);1H. The second-order valence-electron chi connectivity index (χ2n) is 7.06. The van der Waals surface area contributed by atoms with Gasteiger partial charge in [0.2, 0.25) is 5.91 Å². The predicted molar refractivity (Wildman–Crippen MR) is 121 cm³/mol. The number of ether oxygens (including phenoxy) is 1. The molecule has 152 valence electrons. The summed E-state index contributed by atoms with van der Waals surface area (Å²) >= 11 is 0. The van der Waals surface area contributed by atoms with Crippen molar-refractivity contribution in [2.45, 2.75) is 45.6 Å². The lowest BCUT2D eigenvalue weighted by molar-refractivity contribution is 0.1000. The highest BCUT2D eigenvalue weighted by molar-refractivity contribution is 14.0. The number of benzene rings is 1. The van der Waals surface area contributed by atoms with E-state index in [1.165, 1.54) is 25.7 Å². The summed E-state index contributed by atoms with van der Waals surface area (Å²) in [5.74, 6) is 0.392. The van der Waals surface area contributed by atoms with Crippen molar-refractivity contribution in [3.8, 4) is 0 Å². The van der Waals surface area contributed by atoms with Gasteiger partial charge in [-0.1, -0.05) is 25.0 Å². The number of hydrogen-bond acceptors (Lipinski definition) is 3. The molecule has 0 unspecified atom stereocenters. The Morgan fingerprint density at radius 3 is 2.67 bits per heavy atom. The molecule has 27 heavy (non-hydrogen) atoms. The van der Waals surface area contributed by atoms with E-state index in [9.17, 15) is 4.79 Å². The van der Waals surface area contributed by atoms with E-state index in [-0.39, 0.29) is 24.0 Å². The Morgan fingerprint density at radius 2 is 2.04 bits per heavy atom. The Hall–Kier alpha value is -1.35. The number of nitrogens with one attached hydrogen (secondary N) is 2. The first-order valence-corrected chi connectivity index (χ1v) is 9.48. The molecule has 6 nitrogen and oxygen atoms in total. The fourth-order valence-electron chi connectivity index (χ4n) is 3.56. The zero-order chi connectivity index (χ0) is 18.8. The van der Waals surface area contributed by atoms with Gasteiger partial charge < -0.3 is 21.1 Å². The number of carbonyl (C=O) groups excluding carboxylic acids is 1. The van der Waals surface area contributed by atoms with E-state index >= 15 is 0 Å². The van der Waals surface area contributed by atoms with Crippen molar-refractivity contribution >= 4 is 35.8 Å². The van der Waals surface area contributed by atoms with Crippen molar-refractivity contribution in [1.82, 2.24) is 10.6 Å². The summed E-state index contributed by atoms with van der Waals surface area (Å²) in [4.78, 5) is 16.0. The molecule has 1 aliphatic rings. The molecule has 0 spiro atoms. The van der Waals surface area contributed by atoms with Gasteiger partial charge in [-0.15, -0.1) is 24.0 Å². The minimum atomic E-state index is -0.415. The van der Waals surface area contributed by atoms with Gasteiger partial charge in [-0.05, 0) is 49.3 Å². The van der Waals surface area contributed by atoms with Crippen LogP contribution >= 0.6 is 24.0 Å². The minimum absolute atomic E-state index is 0. The Morgan fingerprint density at radius 1 is 1.30 bits per heavy atom. The average Bonchev–Trinajstić information content (AvgIpc) is 3.12. The zero-order valence-electron chi connectivity index (χ0n) is 16.4. The monoisotopic (exact) mass is 488 g/mol. The molecule has 0 radical (unpaired) electrons. The van der Waals surface area contributed by atoms with Gasteiger partial charge in [0.05, 0.1) is 6.54 Å². The summed E-state index contributed by atoms with van der Waals surface area (Å²) in [5.41, 5.74) is 7.13. The van der Waals surface area contributed by atoms with Crippen molar-refractivity contribution in [2.75, 3.05) is 26.8 Å². The van der Waals surface area contributed by atoms with Gasteiger partial charge in [0.25, 0.3) is 0 Å². The summed E-state index contributed by atoms with van der Waals surface area (Å²) in [6, 6.07) is 7.31. The number of aliphatic imine (C=N–C) groups is 1. The number of hydrogen-bond donors (Lipinski definition) is 3. The molecule has 0 atom stereocenters. The van der Waals surface area contributed by atoms with Crippen LogP contribution in [0.15, 0.2) is 29.3 Å². The lowest BCUT2D eigenvalue weighted by Gasteiger charge is -2.30. The smallest absolute Gasteiger partial charge is 0.248 e. The molecule has 1 aromatic carbocycles. The summed E-state index contributed by atoms with van der Waals surface area (Å²) < 4.78 is 5.31. The third-order valence-electron chi connectivity index (χ3n) is 5.11. The van der Waals surface area contributed by atoms with Crippen LogP contribution in [0.2, 0.25) is 0 Å². The number of carbonyl (C=O) groups is 1. The Bertz CT molecular complexity index is 616. The molecule has 1 saturated carbocycles. The number of guanidine groups is 1. The van der Waals surface area contributed by atoms with Crippen LogP contribution in [0.25, 0.3) is 0 Å². The van der Waals surface area contributed by atoms with Gasteiger partial charge in [-0.3, -0.25) is 4.79 Å². The summed E-state index contributed by atoms with van der Waals surface area (Å²) in [5, 5.41) is 6.82. The summed E-state index contributed by atoms with van der Waals surface area (Å²) in [6.45, 7) is 5.07. The van der Waals surface area contributed by atoms with Crippen LogP contribution in [-0.2, 0) is 11.3 Å². The minimum Gasteiger partial charge on any atom is -0.385 e. The Balaban J connectivity index is 0.00000364. The molecule has 1 aromatic rings. The molecule has 2 rings (SSSR count). The first-order valence-electron chi connectivity index (χ1n) is 9.48. The lowest BCUT2D eigenvalue weighted by Crippen LogP contribution is -2.43. The van der Waals surface area contributed by atoms with Crippen LogP contribution < -0.4 is 16.4 Å². The van der Waals surface area contributed by atoms with Gasteiger partial charge in [0.15, 0.2) is 5.96 Å². The fourth-order valence-corrected chi connectivity index (χ4v) is 3.56. The van der Waals surface area contributed by atoms with Crippen LogP contribution in [0.1, 0.15) is 54.9 Å². The fraction of sp³-hybridized carbons (Fsp3) is 0.600. The molecular weight excluding hydrogens is 455 g/mol. The predicted octanol–water partition coefficient (Wildman–Crippen LogP) is 3.06. The number of methoxy groups -OCH3 is 1. The van der Waals surface area contributed by atoms with Crippen molar-refractivity contribution in [1.29, 1.82) is 0 Å². The highest BCUT2D eigenvalue weighted by atomic mass is 127. The highest BCUT2D eigenvalue weighted by Crippen LogP contribution is 2.40. The first kappa shape index (κ1) is 23.7. The Kier molecular flexibility index (Phi) is 10.7. The van der Waals surface area contributed by atoms with E-state index in [0.717, 1.165) is 37.6 Å². The summed E-state index contributed by atoms with van der Waals surface area (Å²) in [7, 11) is 1.77. The summed E-state index contributed by atoms with van der Waals surface area (Å²) in [6.07, 6.45) is 6.14. The van der Waals surface area contributed by atoms with E-state index in [0.29, 0.717) is 17.5 Å². The maximum absolute atomic E-state index is 11.3. The second-order valence-corrected chi connectivity index (χ2v) is 7.06. The molecule has 0 bridgehead atoms. The topological polar surface area (TPSA) is 88.7 Å². The van der Waals surface area contributed by atoms with Crippen molar-refractivity contribution in [3.05, 3.63) is 35.4 Å². The van der Waals surface area contributed by atoms with Crippen LogP contribution in [0.4, 0.5) is 0 Å². The number of amides is 1. The third kappa shape index (κ3) is 7.65. The van der Waals surface area contributed by atoms with Gasteiger partial charge in [0.1, 0.15) is 0 Å². The zero-order valence-corrected chi connectivity index (χ0v) is 18.8. The molecule has 1 aliphatic carbocycles. The molecule has 7 heteroatoms. The van der Waals surface area contributed by atoms with E-state index in [1.807, 2.05) is 12.1 Å². The average molecular weight is 488 g/mol. The molecular formula is C20H33IN4O2. The SMILES string of the molecule is CCNC(=NCc1cccc(C(N)=O)c1)NCC1(CCOC)CCCC1.I. The molecule has 4 N–H and O–H groups in total. The molecule has 0 aliphatic heterocycles. The number of primary amides is 1. The first-order chi connectivity index (χ1) is 12.6. The van der Waals surface area contributed by atoms with Crippen LogP contribution in [0.5, 0.6) is 0 Å². The Labute approximate surface area is 179 Å². The lowest BCUT2D eigenvalue weighted by atomic mass is 9.83. The van der Waals surface area contributed by atoms with Gasteiger partial charge in [0, 0.05) is 32.4 Å². The number of rotatable bonds is 9. The van der Waals surface area contributed by atoms with Crippen molar-refractivity contribution in [3.63, 3.8) is 0 Å². The number of halogens is 1. The van der Waals surface area contributed by atoms with E-state index in [2.05, 4.69) is 22.5 Å². The largest absolute Gasteiger partial charge is 0.385 e. The molecule has 1 amide bonds. The van der Waals surface area contributed by atoms with Gasteiger partial charge >= 0.3 is 0 Å². The normalized spacial score (nSPS) is 15.9. The van der Waals surface area contributed by atoms with Crippen LogP contribution in [0, 0.1) is 5.41 Å². The third-order valence-corrected chi connectivity index (χ3v) is 5.11. The van der Waals surface area contributed by atoms with E-state index in [4.69, 9.17) is 10.5 Å². The second kappa shape index (κ2) is 12.2.